The summed E-state index contributed by atoms with van der Waals surface area (Å²) in [7, 11) is -4.13. The van der Waals surface area contributed by atoms with Crippen LogP contribution in [0.25, 0.3) is 16.8 Å². The molecule has 0 fully saturated rings. The maximum Gasteiger partial charge on any atom is 0.435 e. The molecule has 0 atom stereocenters. The monoisotopic (exact) mass is 367 g/mol. The average Bonchev–Trinajstić information content (AvgIpc) is 3.00. The van der Waals surface area contributed by atoms with Crippen molar-refractivity contribution in [2.24, 2.45) is 5.14 Å². The molecule has 0 aliphatic heterocycles. The fraction of sp³-hybridized carbons (Fsp3) is 0.0625. The second kappa shape index (κ2) is 6.01. The zero-order valence-corrected chi connectivity index (χ0v) is 13.4. The Balaban J connectivity index is 2.26. The molecule has 1 aromatic heterocycles. The molecule has 25 heavy (non-hydrogen) atoms. The number of rotatable bonds is 3. The van der Waals surface area contributed by atoms with E-state index in [2.05, 4.69) is 5.10 Å². The predicted molar refractivity (Wildman–Crippen MR) is 85.4 cm³/mol. The van der Waals surface area contributed by atoms with E-state index in [0.29, 0.717) is 5.56 Å². The fourth-order valence-corrected chi connectivity index (χ4v) is 3.14. The maximum absolute atomic E-state index is 13.4. The van der Waals surface area contributed by atoms with Gasteiger partial charge in [0.1, 0.15) is 4.90 Å². The van der Waals surface area contributed by atoms with E-state index in [1.807, 2.05) is 0 Å². The van der Waals surface area contributed by atoms with Crippen molar-refractivity contribution in [2.45, 2.75) is 11.1 Å². The zero-order valence-electron chi connectivity index (χ0n) is 12.6. The molecule has 0 spiro atoms. The van der Waals surface area contributed by atoms with Crippen LogP contribution in [0.3, 0.4) is 0 Å². The van der Waals surface area contributed by atoms with Crippen LogP contribution < -0.4 is 5.14 Å². The number of benzene rings is 2. The molecule has 0 unspecified atom stereocenters. The van der Waals surface area contributed by atoms with Crippen molar-refractivity contribution < 1.29 is 21.6 Å². The molecule has 130 valence electrons. The topological polar surface area (TPSA) is 78.0 Å². The van der Waals surface area contributed by atoms with Crippen LogP contribution in [0.5, 0.6) is 0 Å². The molecule has 0 aliphatic rings. The molecule has 0 aliphatic carbocycles. The summed E-state index contributed by atoms with van der Waals surface area (Å²) < 4.78 is 64.4. The number of aromatic nitrogens is 2. The number of nitrogens with zero attached hydrogens (tertiary/aromatic N) is 2. The Morgan fingerprint density at radius 1 is 0.960 bits per heavy atom. The summed E-state index contributed by atoms with van der Waals surface area (Å²) in [5.74, 6) is 0. The van der Waals surface area contributed by atoms with Gasteiger partial charge in [-0.2, -0.15) is 18.3 Å². The van der Waals surface area contributed by atoms with Crippen LogP contribution in [0.1, 0.15) is 5.69 Å². The molecule has 0 radical (unpaired) electrons. The van der Waals surface area contributed by atoms with Crippen molar-refractivity contribution in [3.05, 3.63) is 66.5 Å². The van der Waals surface area contributed by atoms with E-state index in [4.69, 9.17) is 5.14 Å². The zero-order chi connectivity index (χ0) is 18.2. The van der Waals surface area contributed by atoms with Gasteiger partial charge in [-0.1, -0.05) is 42.5 Å². The van der Waals surface area contributed by atoms with E-state index >= 15 is 0 Å². The summed E-state index contributed by atoms with van der Waals surface area (Å²) in [6, 6.07) is 13.4. The van der Waals surface area contributed by atoms with Crippen molar-refractivity contribution in [3.63, 3.8) is 0 Å². The highest BCUT2D eigenvalue weighted by Gasteiger charge is 2.38. The van der Waals surface area contributed by atoms with Crippen LogP contribution in [0, 0.1) is 0 Å². The molecule has 3 rings (SSSR count). The Kier molecular flexibility index (Phi) is 4.13. The van der Waals surface area contributed by atoms with Gasteiger partial charge in [-0.25, -0.2) is 18.2 Å². The first-order valence-electron chi connectivity index (χ1n) is 7.02. The molecular formula is C16H12F3N3O2S. The van der Waals surface area contributed by atoms with Gasteiger partial charge in [0.05, 0.1) is 5.69 Å². The van der Waals surface area contributed by atoms with Gasteiger partial charge in [0.25, 0.3) is 0 Å². The average molecular weight is 367 g/mol. The third-order valence-corrected chi connectivity index (χ3v) is 4.44. The lowest BCUT2D eigenvalue weighted by Gasteiger charge is -2.07. The standard InChI is InChI=1S/C16H12F3N3O2S/c17-16(18,19)15-12(11-6-2-1-3-7-11)10-22(21-15)13-8-4-5-9-14(13)25(20,23)24/h1-10H,(H2,20,23,24). The largest absolute Gasteiger partial charge is 0.435 e. The lowest BCUT2D eigenvalue weighted by atomic mass is 10.1. The Morgan fingerprint density at radius 2 is 1.56 bits per heavy atom. The van der Waals surface area contributed by atoms with Gasteiger partial charge in [-0.3, -0.25) is 0 Å². The van der Waals surface area contributed by atoms with E-state index in [1.54, 1.807) is 18.2 Å². The van der Waals surface area contributed by atoms with Crippen LogP contribution in [-0.2, 0) is 16.2 Å². The van der Waals surface area contributed by atoms with Crippen molar-refractivity contribution in [2.75, 3.05) is 0 Å². The summed E-state index contributed by atoms with van der Waals surface area (Å²) in [5.41, 5.74) is -1.01. The van der Waals surface area contributed by atoms with Gasteiger partial charge in [-0.15, -0.1) is 0 Å². The van der Waals surface area contributed by atoms with E-state index in [9.17, 15) is 21.6 Å². The molecule has 3 aromatic rings. The van der Waals surface area contributed by atoms with Gasteiger partial charge in [0, 0.05) is 11.8 Å². The van der Waals surface area contributed by atoms with Crippen LogP contribution in [0.2, 0.25) is 0 Å². The Morgan fingerprint density at radius 3 is 2.16 bits per heavy atom. The van der Waals surface area contributed by atoms with Crippen molar-refractivity contribution in [1.82, 2.24) is 9.78 Å². The number of nitrogens with two attached hydrogens (primary N) is 1. The molecule has 0 saturated heterocycles. The van der Waals surface area contributed by atoms with Crippen LogP contribution in [0.15, 0.2) is 65.7 Å². The second-order valence-corrected chi connectivity index (χ2v) is 6.74. The summed E-state index contributed by atoms with van der Waals surface area (Å²) >= 11 is 0. The number of hydrogen-bond donors (Lipinski definition) is 1. The number of hydrogen-bond acceptors (Lipinski definition) is 3. The normalized spacial score (nSPS) is 12.3. The lowest BCUT2D eigenvalue weighted by molar-refractivity contribution is -0.140. The highest BCUT2D eigenvalue weighted by molar-refractivity contribution is 7.89. The number of primary sulfonamides is 1. The second-order valence-electron chi connectivity index (χ2n) is 5.21. The molecule has 5 nitrogen and oxygen atoms in total. The van der Waals surface area contributed by atoms with E-state index in [1.165, 1.54) is 36.4 Å². The lowest BCUT2D eigenvalue weighted by Crippen LogP contribution is -2.16. The maximum atomic E-state index is 13.4. The Bertz CT molecular complexity index is 1010. The SMILES string of the molecule is NS(=O)(=O)c1ccccc1-n1cc(-c2ccccc2)c(C(F)(F)F)n1. The Labute approximate surface area is 141 Å². The summed E-state index contributed by atoms with van der Waals surface area (Å²) in [4.78, 5) is -0.314. The van der Waals surface area contributed by atoms with E-state index < -0.39 is 21.9 Å². The number of halogens is 3. The number of alkyl halides is 3. The molecule has 9 heteroatoms. The Hall–Kier alpha value is -2.65. The van der Waals surface area contributed by atoms with Crippen molar-refractivity contribution in [1.29, 1.82) is 0 Å². The van der Waals surface area contributed by atoms with Gasteiger partial charge >= 0.3 is 6.18 Å². The van der Waals surface area contributed by atoms with E-state index in [-0.39, 0.29) is 16.1 Å². The third-order valence-electron chi connectivity index (χ3n) is 3.49. The molecule has 2 N–H and O–H groups in total. The molecule has 1 heterocycles. The molecular weight excluding hydrogens is 355 g/mol. The van der Waals surface area contributed by atoms with Gasteiger partial charge in [0.2, 0.25) is 10.0 Å². The molecule has 0 bridgehead atoms. The molecule has 2 aromatic carbocycles. The summed E-state index contributed by atoms with van der Waals surface area (Å²) in [6.45, 7) is 0. The van der Waals surface area contributed by atoms with E-state index in [0.717, 1.165) is 10.9 Å². The molecule has 0 amide bonds. The quantitative estimate of drug-likeness (QED) is 0.772. The van der Waals surface area contributed by atoms with Crippen LogP contribution in [0.4, 0.5) is 13.2 Å². The van der Waals surface area contributed by atoms with Crippen LogP contribution in [-0.4, -0.2) is 18.2 Å². The van der Waals surface area contributed by atoms with Gasteiger partial charge < -0.3 is 0 Å². The minimum Gasteiger partial charge on any atom is -0.238 e. The van der Waals surface area contributed by atoms with Crippen molar-refractivity contribution in [3.8, 4) is 16.8 Å². The third kappa shape index (κ3) is 3.42. The fourth-order valence-electron chi connectivity index (χ4n) is 2.42. The first kappa shape index (κ1) is 17.2. The van der Waals surface area contributed by atoms with Crippen LogP contribution >= 0.6 is 0 Å². The minimum absolute atomic E-state index is 0.0577. The highest BCUT2D eigenvalue weighted by atomic mass is 32.2. The summed E-state index contributed by atoms with van der Waals surface area (Å²) in [5, 5.41) is 8.72. The highest BCUT2D eigenvalue weighted by Crippen LogP contribution is 2.37. The minimum atomic E-state index is -4.70. The first-order valence-corrected chi connectivity index (χ1v) is 8.57. The van der Waals surface area contributed by atoms with Gasteiger partial charge in [0.15, 0.2) is 5.69 Å². The van der Waals surface area contributed by atoms with Gasteiger partial charge in [-0.05, 0) is 17.7 Å². The first-order chi connectivity index (χ1) is 11.7. The number of para-hydroxylation sites is 1. The summed E-state index contributed by atoms with van der Waals surface area (Å²) in [6.07, 6.45) is -3.56. The molecule has 0 saturated carbocycles. The van der Waals surface area contributed by atoms with Crippen molar-refractivity contribution >= 4 is 10.0 Å². The number of sulfonamides is 1. The predicted octanol–water partition coefficient (Wildman–Crippen LogP) is 3.21. The smallest absolute Gasteiger partial charge is 0.238 e.